The van der Waals surface area contributed by atoms with Crippen LogP contribution in [-0.4, -0.2) is 60.5 Å². The van der Waals surface area contributed by atoms with Crippen LogP contribution in [0, 0.1) is 0 Å². The summed E-state index contributed by atoms with van der Waals surface area (Å²) in [5.74, 6) is -1.05. The van der Waals surface area contributed by atoms with Crippen molar-refractivity contribution in [3.05, 3.63) is 0 Å². The minimum absolute atomic E-state index is 0.108. The molecular formula is C13H20N2O3S2. The van der Waals surface area contributed by atoms with Gasteiger partial charge in [-0.05, 0) is 27.2 Å². The second kappa shape index (κ2) is 5.18. The van der Waals surface area contributed by atoms with Crippen LogP contribution in [0.25, 0.3) is 0 Å². The fourth-order valence-corrected chi connectivity index (χ4v) is 4.91. The van der Waals surface area contributed by atoms with Crippen LogP contribution in [0.5, 0.6) is 0 Å². The first-order valence-electron chi connectivity index (χ1n) is 6.72. The van der Waals surface area contributed by atoms with Crippen LogP contribution >= 0.6 is 24.0 Å². The van der Waals surface area contributed by atoms with Gasteiger partial charge in [0.2, 0.25) is 5.91 Å². The van der Waals surface area contributed by atoms with Crippen LogP contribution in [-0.2, 0) is 9.59 Å². The molecule has 0 aromatic rings. The SMILES string of the molecule is CCCN(C(C)=S)[C@@H]1C(=O)N2[C@@H]1SC(C)(C)[C@@H]2C(=O)O. The summed E-state index contributed by atoms with van der Waals surface area (Å²) in [5, 5.41) is 9.27. The summed E-state index contributed by atoms with van der Waals surface area (Å²) in [4.78, 5) is 28.0. The summed E-state index contributed by atoms with van der Waals surface area (Å²) in [6.07, 6.45) is 0.904. The van der Waals surface area contributed by atoms with Crippen molar-refractivity contribution in [2.45, 2.75) is 56.3 Å². The second-order valence-electron chi connectivity index (χ2n) is 5.76. The molecule has 20 heavy (non-hydrogen) atoms. The monoisotopic (exact) mass is 316 g/mol. The van der Waals surface area contributed by atoms with Crippen molar-refractivity contribution in [3.63, 3.8) is 0 Å². The number of hydrogen-bond acceptors (Lipinski definition) is 4. The summed E-state index contributed by atoms with van der Waals surface area (Å²) in [6, 6.07) is -1.06. The molecule has 1 amide bonds. The molecule has 0 bridgehead atoms. The Kier molecular flexibility index (Phi) is 4.03. The van der Waals surface area contributed by atoms with Crippen molar-refractivity contribution in [1.29, 1.82) is 0 Å². The maximum absolute atomic E-state index is 12.4. The molecule has 0 aliphatic carbocycles. The molecular weight excluding hydrogens is 296 g/mol. The Morgan fingerprint density at radius 2 is 2.15 bits per heavy atom. The van der Waals surface area contributed by atoms with Crippen molar-refractivity contribution >= 4 is 40.8 Å². The number of hydrogen-bond donors (Lipinski definition) is 1. The van der Waals surface area contributed by atoms with E-state index in [1.54, 1.807) is 11.8 Å². The zero-order valence-electron chi connectivity index (χ0n) is 12.1. The molecule has 2 rings (SSSR count). The molecule has 112 valence electrons. The topological polar surface area (TPSA) is 60.9 Å². The van der Waals surface area contributed by atoms with Gasteiger partial charge < -0.3 is 14.9 Å². The lowest BCUT2D eigenvalue weighted by molar-refractivity contribution is -0.163. The maximum Gasteiger partial charge on any atom is 0.327 e. The summed E-state index contributed by atoms with van der Waals surface area (Å²) >= 11 is 6.80. The average molecular weight is 316 g/mol. The molecule has 2 fully saturated rings. The van der Waals surface area contributed by atoms with Crippen molar-refractivity contribution in [1.82, 2.24) is 9.80 Å². The first-order chi connectivity index (χ1) is 9.22. The van der Waals surface area contributed by atoms with Gasteiger partial charge in [0.25, 0.3) is 0 Å². The van der Waals surface area contributed by atoms with E-state index < -0.39 is 16.8 Å². The van der Waals surface area contributed by atoms with Crippen LogP contribution in [0.2, 0.25) is 0 Å². The number of β-lactam (4-membered cyclic amide) rings is 1. The first kappa shape index (κ1) is 15.6. The number of nitrogens with zero attached hydrogens (tertiary/aromatic N) is 2. The zero-order valence-corrected chi connectivity index (χ0v) is 13.8. The Bertz CT molecular complexity index is 467. The smallest absolute Gasteiger partial charge is 0.327 e. The maximum atomic E-state index is 12.4. The number of carbonyl (C=O) groups is 2. The Labute approximate surface area is 128 Å². The molecule has 0 aromatic carbocycles. The second-order valence-corrected chi connectivity index (χ2v) is 8.12. The van der Waals surface area contributed by atoms with Gasteiger partial charge in [-0.25, -0.2) is 4.79 Å². The predicted octanol–water partition coefficient (Wildman–Crippen LogP) is 1.56. The normalized spacial score (nSPS) is 30.7. The lowest BCUT2D eigenvalue weighted by Gasteiger charge is -2.48. The molecule has 2 saturated heterocycles. The van der Waals surface area contributed by atoms with Gasteiger partial charge in [0.1, 0.15) is 17.5 Å². The Morgan fingerprint density at radius 3 is 2.60 bits per heavy atom. The van der Waals surface area contributed by atoms with Gasteiger partial charge >= 0.3 is 5.97 Å². The van der Waals surface area contributed by atoms with E-state index in [-0.39, 0.29) is 17.3 Å². The van der Waals surface area contributed by atoms with E-state index in [9.17, 15) is 14.7 Å². The van der Waals surface area contributed by atoms with E-state index in [1.807, 2.05) is 32.6 Å². The number of rotatable bonds is 4. The molecule has 0 aromatic heterocycles. The van der Waals surface area contributed by atoms with Gasteiger partial charge in [-0.15, -0.1) is 11.8 Å². The Morgan fingerprint density at radius 1 is 1.55 bits per heavy atom. The average Bonchev–Trinajstić information content (AvgIpc) is 2.57. The molecule has 0 spiro atoms. The zero-order chi connectivity index (χ0) is 15.2. The quantitative estimate of drug-likeness (QED) is 0.627. The highest BCUT2D eigenvalue weighted by atomic mass is 32.2. The van der Waals surface area contributed by atoms with Crippen LogP contribution in [0.1, 0.15) is 34.1 Å². The number of thiocarbonyl (C=S) groups is 1. The predicted molar refractivity (Wildman–Crippen MR) is 82.8 cm³/mol. The molecule has 0 unspecified atom stereocenters. The highest BCUT2D eigenvalue weighted by Crippen LogP contribution is 2.52. The number of aliphatic carboxylic acids is 1. The summed E-state index contributed by atoms with van der Waals surface area (Å²) in [6.45, 7) is 8.36. The van der Waals surface area contributed by atoms with Gasteiger partial charge in [0.15, 0.2) is 0 Å². The number of fused-ring (bicyclic) bond motifs is 1. The van der Waals surface area contributed by atoms with E-state index in [1.165, 1.54) is 4.90 Å². The molecule has 0 saturated carbocycles. The van der Waals surface area contributed by atoms with E-state index in [0.29, 0.717) is 4.99 Å². The third-order valence-electron chi connectivity index (χ3n) is 3.85. The van der Waals surface area contributed by atoms with Gasteiger partial charge in [-0.2, -0.15) is 0 Å². The summed E-state index contributed by atoms with van der Waals surface area (Å²) in [7, 11) is 0. The van der Waals surface area contributed by atoms with Crippen molar-refractivity contribution in [3.8, 4) is 0 Å². The van der Waals surface area contributed by atoms with Crippen molar-refractivity contribution in [2.75, 3.05) is 6.54 Å². The van der Waals surface area contributed by atoms with E-state index in [0.717, 1.165) is 13.0 Å². The third-order valence-corrected chi connectivity index (χ3v) is 5.64. The van der Waals surface area contributed by atoms with Gasteiger partial charge in [0.05, 0.1) is 4.99 Å². The number of carboxylic acid groups (broad SMARTS) is 1. The van der Waals surface area contributed by atoms with E-state index in [2.05, 4.69) is 0 Å². The Balaban J connectivity index is 2.26. The molecule has 2 heterocycles. The van der Waals surface area contributed by atoms with Crippen molar-refractivity contribution < 1.29 is 14.7 Å². The third kappa shape index (κ3) is 2.20. The largest absolute Gasteiger partial charge is 0.480 e. The molecule has 1 N–H and O–H groups in total. The Hall–Kier alpha value is -0.820. The first-order valence-corrected chi connectivity index (χ1v) is 8.01. The lowest BCUT2D eigenvalue weighted by Crippen LogP contribution is -2.71. The molecule has 7 heteroatoms. The lowest BCUT2D eigenvalue weighted by atomic mass is 9.95. The highest BCUT2D eigenvalue weighted by Gasteiger charge is 2.65. The van der Waals surface area contributed by atoms with Gasteiger partial charge in [-0.3, -0.25) is 4.79 Å². The number of carbonyl (C=O) groups excluding carboxylic acids is 1. The van der Waals surface area contributed by atoms with Crippen LogP contribution in [0.4, 0.5) is 0 Å². The summed E-state index contributed by atoms with van der Waals surface area (Å²) < 4.78 is -0.478. The number of carboxylic acids is 1. The molecule has 0 radical (unpaired) electrons. The highest BCUT2D eigenvalue weighted by molar-refractivity contribution is 8.01. The molecule has 2 aliphatic rings. The standard InChI is InChI=1S/C13H20N2O3S2/c1-5-6-14(7(2)19)8-10(16)15-9(12(17)18)13(3,4)20-11(8)15/h8-9,11H,5-6H2,1-4H3,(H,17,18)/t8-,9+,11-/m1/s1. The molecule has 2 aliphatic heterocycles. The van der Waals surface area contributed by atoms with Crippen LogP contribution in [0.3, 0.4) is 0 Å². The fourth-order valence-electron chi connectivity index (χ4n) is 3.01. The van der Waals surface area contributed by atoms with Crippen molar-refractivity contribution in [2.24, 2.45) is 0 Å². The minimum atomic E-state index is -0.932. The number of thioether (sulfide) groups is 1. The van der Waals surface area contributed by atoms with E-state index in [4.69, 9.17) is 12.2 Å². The minimum Gasteiger partial charge on any atom is -0.480 e. The molecule has 5 nitrogen and oxygen atoms in total. The van der Waals surface area contributed by atoms with Gasteiger partial charge in [0, 0.05) is 11.3 Å². The molecule has 3 atom stereocenters. The van der Waals surface area contributed by atoms with E-state index >= 15 is 0 Å². The summed E-state index contributed by atoms with van der Waals surface area (Å²) in [5.41, 5.74) is 0. The fraction of sp³-hybridized carbons (Fsp3) is 0.769. The van der Waals surface area contributed by atoms with Crippen LogP contribution in [0.15, 0.2) is 0 Å². The van der Waals surface area contributed by atoms with Gasteiger partial charge in [-0.1, -0.05) is 19.1 Å². The van der Waals surface area contributed by atoms with Crippen LogP contribution < -0.4 is 0 Å². The number of amides is 1.